The van der Waals surface area contributed by atoms with E-state index >= 15 is 0 Å². The van der Waals surface area contributed by atoms with E-state index in [-0.39, 0.29) is 0 Å². The van der Waals surface area contributed by atoms with Crippen molar-refractivity contribution in [2.24, 2.45) is 0 Å². The van der Waals surface area contributed by atoms with Crippen LogP contribution in [0.1, 0.15) is 43.6 Å². The number of hydrogen-bond acceptors (Lipinski definition) is 2. The van der Waals surface area contributed by atoms with Crippen molar-refractivity contribution in [1.29, 1.82) is 0 Å². The fraction of sp³-hybridized carbons (Fsp3) is 0.529. The summed E-state index contributed by atoms with van der Waals surface area (Å²) in [5.74, 6) is 1.57. The molecule has 0 aromatic heterocycles. The molecule has 0 saturated carbocycles. The van der Waals surface area contributed by atoms with Crippen LogP contribution in [0.15, 0.2) is 36.9 Å². The molecular formula is C17H25NO. The molecule has 19 heavy (non-hydrogen) atoms. The second-order valence-electron chi connectivity index (χ2n) is 5.28. The number of fused-ring (bicyclic) bond motifs is 1. The number of benzene rings is 1. The summed E-state index contributed by atoms with van der Waals surface area (Å²) in [6.45, 7) is 4.59. The average molecular weight is 259 g/mol. The fourth-order valence-electron chi connectivity index (χ4n) is 2.90. The van der Waals surface area contributed by atoms with Gasteiger partial charge in [0.05, 0.1) is 6.61 Å². The summed E-state index contributed by atoms with van der Waals surface area (Å²) in [6.07, 6.45) is 8.20. The molecule has 1 N–H and O–H groups in total. The van der Waals surface area contributed by atoms with Gasteiger partial charge in [-0.1, -0.05) is 37.1 Å². The Kier molecular flexibility index (Phi) is 5.46. The molecule has 2 nitrogen and oxygen atoms in total. The van der Waals surface area contributed by atoms with Gasteiger partial charge >= 0.3 is 0 Å². The minimum absolute atomic E-state index is 0.501. The van der Waals surface area contributed by atoms with Crippen LogP contribution < -0.4 is 10.1 Å². The van der Waals surface area contributed by atoms with E-state index < -0.39 is 0 Å². The van der Waals surface area contributed by atoms with E-state index in [1.54, 1.807) is 0 Å². The maximum absolute atomic E-state index is 5.79. The van der Waals surface area contributed by atoms with Crippen molar-refractivity contribution in [3.63, 3.8) is 0 Å². The van der Waals surface area contributed by atoms with Gasteiger partial charge < -0.3 is 10.1 Å². The molecular weight excluding hydrogens is 234 g/mol. The third kappa shape index (κ3) is 3.60. The van der Waals surface area contributed by atoms with E-state index in [9.17, 15) is 0 Å². The molecule has 2 unspecified atom stereocenters. The number of likely N-dealkylation sites (N-methyl/N-ethyl adjacent to an activating group) is 1. The van der Waals surface area contributed by atoms with Crippen molar-refractivity contribution < 1.29 is 4.74 Å². The molecule has 0 fully saturated rings. The fourth-order valence-corrected chi connectivity index (χ4v) is 2.90. The summed E-state index contributed by atoms with van der Waals surface area (Å²) in [6, 6.07) is 8.95. The number of nitrogens with one attached hydrogen (secondary N) is 1. The summed E-state index contributed by atoms with van der Waals surface area (Å²) >= 11 is 0. The first kappa shape index (κ1) is 14.1. The smallest absolute Gasteiger partial charge is 0.122 e. The van der Waals surface area contributed by atoms with Gasteiger partial charge in [-0.2, -0.15) is 0 Å². The Bertz CT molecular complexity index is 402. The van der Waals surface area contributed by atoms with Crippen molar-refractivity contribution in [2.75, 3.05) is 13.7 Å². The standard InChI is InChI=1S/C17H25NO/c1-3-4-5-6-7-11-16(18-2)15-13-19-17-12-9-8-10-14(15)17/h3,8-10,12,15-16,18H,1,4-7,11,13H2,2H3. The topological polar surface area (TPSA) is 21.3 Å². The van der Waals surface area contributed by atoms with Crippen LogP contribution in [0.5, 0.6) is 5.75 Å². The number of allylic oxidation sites excluding steroid dienone is 1. The summed E-state index contributed by atoms with van der Waals surface area (Å²) in [7, 11) is 2.06. The Labute approximate surface area is 116 Å². The van der Waals surface area contributed by atoms with Crippen molar-refractivity contribution in [1.82, 2.24) is 5.32 Å². The quantitative estimate of drug-likeness (QED) is 0.565. The highest BCUT2D eigenvalue weighted by Gasteiger charge is 2.29. The number of ether oxygens (including phenoxy) is 1. The van der Waals surface area contributed by atoms with Crippen molar-refractivity contribution in [3.05, 3.63) is 42.5 Å². The lowest BCUT2D eigenvalue weighted by Gasteiger charge is -2.22. The molecule has 1 aliphatic rings. The lowest BCUT2D eigenvalue weighted by molar-refractivity contribution is 0.294. The second kappa shape index (κ2) is 7.34. The molecule has 0 saturated heterocycles. The van der Waals surface area contributed by atoms with Gasteiger partial charge in [0, 0.05) is 17.5 Å². The van der Waals surface area contributed by atoms with Crippen molar-refractivity contribution >= 4 is 0 Å². The average Bonchev–Trinajstić information content (AvgIpc) is 2.87. The first-order valence-electron chi connectivity index (χ1n) is 7.36. The van der Waals surface area contributed by atoms with E-state index in [0.717, 1.165) is 18.8 Å². The second-order valence-corrected chi connectivity index (χ2v) is 5.28. The zero-order valence-electron chi connectivity index (χ0n) is 11.9. The van der Waals surface area contributed by atoms with Gasteiger partial charge in [0.2, 0.25) is 0 Å². The predicted molar refractivity (Wildman–Crippen MR) is 80.8 cm³/mol. The third-order valence-electron chi connectivity index (χ3n) is 4.02. The molecule has 1 aromatic carbocycles. The summed E-state index contributed by atoms with van der Waals surface area (Å²) < 4.78 is 5.79. The molecule has 0 bridgehead atoms. The maximum Gasteiger partial charge on any atom is 0.122 e. The van der Waals surface area contributed by atoms with Gasteiger partial charge in [-0.15, -0.1) is 6.58 Å². The van der Waals surface area contributed by atoms with E-state index in [2.05, 4.69) is 37.1 Å². The van der Waals surface area contributed by atoms with Crippen molar-refractivity contribution in [2.45, 2.75) is 44.1 Å². The summed E-state index contributed by atoms with van der Waals surface area (Å²) in [5.41, 5.74) is 1.37. The first-order chi connectivity index (χ1) is 9.36. The third-order valence-corrected chi connectivity index (χ3v) is 4.02. The molecule has 2 atom stereocenters. The Morgan fingerprint density at radius 1 is 1.37 bits per heavy atom. The molecule has 104 valence electrons. The zero-order chi connectivity index (χ0) is 13.5. The lowest BCUT2D eigenvalue weighted by Crippen LogP contribution is -2.33. The van der Waals surface area contributed by atoms with E-state index in [4.69, 9.17) is 4.74 Å². The van der Waals surface area contributed by atoms with Crippen LogP contribution in [0.25, 0.3) is 0 Å². The lowest BCUT2D eigenvalue weighted by atomic mass is 9.90. The summed E-state index contributed by atoms with van der Waals surface area (Å²) in [4.78, 5) is 0. The van der Waals surface area contributed by atoms with Crippen LogP contribution in [-0.4, -0.2) is 19.7 Å². The highest BCUT2D eigenvalue weighted by molar-refractivity contribution is 5.40. The van der Waals surface area contributed by atoms with Crippen molar-refractivity contribution in [3.8, 4) is 5.75 Å². The Morgan fingerprint density at radius 3 is 3.00 bits per heavy atom. The van der Waals surface area contributed by atoms with E-state index in [1.165, 1.54) is 31.2 Å². The van der Waals surface area contributed by atoms with E-state index in [0.29, 0.717) is 12.0 Å². The molecule has 0 radical (unpaired) electrons. The van der Waals surface area contributed by atoms with Crippen LogP contribution in [-0.2, 0) is 0 Å². The predicted octanol–water partition coefficient (Wildman–Crippen LogP) is 3.89. The molecule has 2 heteroatoms. The number of rotatable bonds is 8. The normalized spacial score (nSPS) is 18.7. The minimum atomic E-state index is 0.501. The van der Waals surface area contributed by atoms with Crippen LogP contribution in [0.4, 0.5) is 0 Å². The van der Waals surface area contributed by atoms with Crippen LogP contribution >= 0.6 is 0 Å². The first-order valence-corrected chi connectivity index (χ1v) is 7.36. The molecule has 1 aliphatic heterocycles. The SMILES string of the molecule is C=CCCCCCC(NC)C1COc2ccccc21. The van der Waals surface area contributed by atoms with Gasteiger partial charge in [-0.05, 0) is 32.4 Å². The van der Waals surface area contributed by atoms with Crippen LogP contribution in [0.2, 0.25) is 0 Å². The molecule has 1 heterocycles. The zero-order valence-corrected chi connectivity index (χ0v) is 11.9. The Hall–Kier alpha value is -1.28. The van der Waals surface area contributed by atoms with Gasteiger partial charge in [0.1, 0.15) is 5.75 Å². The molecule has 0 spiro atoms. The van der Waals surface area contributed by atoms with Gasteiger partial charge in [0.25, 0.3) is 0 Å². The number of hydrogen-bond donors (Lipinski definition) is 1. The van der Waals surface area contributed by atoms with Crippen LogP contribution in [0, 0.1) is 0 Å². The van der Waals surface area contributed by atoms with E-state index in [1.807, 2.05) is 12.1 Å². The van der Waals surface area contributed by atoms with Gasteiger partial charge in [-0.3, -0.25) is 0 Å². The highest BCUT2D eigenvalue weighted by atomic mass is 16.5. The number of para-hydroxylation sites is 1. The largest absolute Gasteiger partial charge is 0.493 e. The Balaban J connectivity index is 1.87. The molecule has 1 aromatic rings. The maximum atomic E-state index is 5.79. The summed E-state index contributed by atoms with van der Waals surface area (Å²) in [5, 5.41) is 3.48. The Morgan fingerprint density at radius 2 is 2.21 bits per heavy atom. The molecule has 0 amide bonds. The molecule has 0 aliphatic carbocycles. The van der Waals surface area contributed by atoms with Crippen LogP contribution in [0.3, 0.4) is 0 Å². The monoisotopic (exact) mass is 259 g/mol. The molecule has 2 rings (SSSR count). The minimum Gasteiger partial charge on any atom is -0.493 e. The van der Waals surface area contributed by atoms with Gasteiger partial charge in [-0.25, -0.2) is 0 Å². The van der Waals surface area contributed by atoms with Gasteiger partial charge in [0.15, 0.2) is 0 Å². The number of unbranched alkanes of at least 4 members (excludes halogenated alkanes) is 3. The highest BCUT2D eigenvalue weighted by Crippen LogP contribution is 2.36.